The summed E-state index contributed by atoms with van der Waals surface area (Å²) >= 11 is 1.42. The van der Waals surface area contributed by atoms with Crippen molar-refractivity contribution in [3.8, 4) is 0 Å². The van der Waals surface area contributed by atoms with E-state index in [2.05, 4.69) is 18.6 Å². The summed E-state index contributed by atoms with van der Waals surface area (Å²) < 4.78 is 28.0. The van der Waals surface area contributed by atoms with E-state index in [-0.39, 0.29) is 12.6 Å². The fraction of sp³-hybridized carbons (Fsp3) is 0.692. The number of hydrogen-bond acceptors (Lipinski definition) is 4. The molecule has 2 rings (SSSR count). The predicted octanol–water partition coefficient (Wildman–Crippen LogP) is 2.23. The molecule has 1 aliphatic rings. The average Bonchev–Trinajstić information content (AvgIpc) is 2.87. The van der Waals surface area contributed by atoms with Gasteiger partial charge in [0, 0.05) is 17.5 Å². The molecule has 3 atom stereocenters. The zero-order valence-corrected chi connectivity index (χ0v) is 13.3. The predicted molar refractivity (Wildman–Crippen MR) is 78.6 cm³/mol. The van der Waals surface area contributed by atoms with E-state index in [1.807, 2.05) is 12.3 Å². The molecule has 0 aromatic carbocycles. The van der Waals surface area contributed by atoms with Crippen molar-refractivity contribution < 1.29 is 8.42 Å². The lowest BCUT2D eigenvalue weighted by atomic mass is 9.98. The van der Waals surface area contributed by atoms with Crippen LogP contribution < -0.4 is 10.5 Å². The Labute approximate surface area is 119 Å². The highest BCUT2D eigenvalue weighted by Gasteiger charge is 2.34. The molecule has 3 N–H and O–H groups in total. The fourth-order valence-electron chi connectivity index (χ4n) is 2.78. The monoisotopic (exact) mass is 302 g/mol. The average molecular weight is 302 g/mol. The Morgan fingerprint density at radius 2 is 2.11 bits per heavy atom. The van der Waals surface area contributed by atoms with E-state index in [4.69, 9.17) is 5.73 Å². The van der Waals surface area contributed by atoms with Gasteiger partial charge < -0.3 is 5.73 Å². The molecule has 0 spiro atoms. The van der Waals surface area contributed by atoms with Crippen LogP contribution in [0, 0.1) is 18.8 Å². The summed E-state index contributed by atoms with van der Waals surface area (Å²) in [5, 5.41) is 1.86. The van der Waals surface area contributed by atoms with E-state index in [0.717, 1.165) is 23.3 Å². The number of sulfonamides is 1. The van der Waals surface area contributed by atoms with E-state index in [1.165, 1.54) is 11.3 Å². The van der Waals surface area contributed by atoms with Crippen molar-refractivity contribution in [2.24, 2.45) is 17.6 Å². The van der Waals surface area contributed by atoms with Crippen molar-refractivity contribution in [1.82, 2.24) is 4.72 Å². The van der Waals surface area contributed by atoms with Crippen molar-refractivity contribution in [3.63, 3.8) is 0 Å². The summed E-state index contributed by atoms with van der Waals surface area (Å²) in [7, 11) is -3.45. The highest BCUT2D eigenvalue weighted by Crippen LogP contribution is 2.33. The summed E-state index contributed by atoms with van der Waals surface area (Å²) in [6.07, 6.45) is 2.00. The lowest BCUT2D eigenvalue weighted by molar-refractivity contribution is 0.402. The Morgan fingerprint density at radius 3 is 2.63 bits per heavy atom. The summed E-state index contributed by atoms with van der Waals surface area (Å²) in [4.78, 5) is 1.13. The van der Waals surface area contributed by atoms with Crippen LogP contribution in [0.4, 0.5) is 0 Å². The minimum atomic E-state index is -3.45. The highest BCUT2D eigenvalue weighted by atomic mass is 32.2. The van der Waals surface area contributed by atoms with Crippen LogP contribution in [-0.2, 0) is 16.6 Å². The minimum absolute atomic E-state index is 0.0462. The Morgan fingerprint density at radius 1 is 1.42 bits per heavy atom. The van der Waals surface area contributed by atoms with Crippen LogP contribution in [0.2, 0.25) is 0 Å². The number of aryl methyl sites for hydroxylation is 1. The Hall–Kier alpha value is -0.430. The largest absolute Gasteiger partial charge is 0.326 e. The van der Waals surface area contributed by atoms with Gasteiger partial charge in [-0.25, -0.2) is 13.1 Å². The van der Waals surface area contributed by atoms with Crippen molar-refractivity contribution in [2.75, 3.05) is 0 Å². The van der Waals surface area contributed by atoms with Crippen molar-refractivity contribution in [3.05, 3.63) is 15.8 Å². The number of rotatable bonds is 4. The molecule has 0 bridgehead atoms. The van der Waals surface area contributed by atoms with E-state index in [1.54, 1.807) is 0 Å². The van der Waals surface area contributed by atoms with Gasteiger partial charge in [-0.1, -0.05) is 13.8 Å². The van der Waals surface area contributed by atoms with Gasteiger partial charge >= 0.3 is 0 Å². The molecule has 0 amide bonds. The highest BCUT2D eigenvalue weighted by molar-refractivity contribution is 7.89. The summed E-state index contributed by atoms with van der Waals surface area (Å²) in [6.45, 7) is 6.39. The second-order valence-corrected chi connectivity index (χ2v) is 8.13. The molecular formula is C13H22N2O2S2. The molecule has 19 heavy (non-hydrogen) atoms. The van der Waals surface area contributed by atoms with Gasteiger partial charge in [0.1, 0.15) is 4.90 Å². The molecule has 4 nitrogen and oxygen atoms in total. The molecule has 1 aliphatic carbocycles. The molecule has 6 heteroatoms. The van der Waals surface area contributed by atoms with Crippen LogP contribution in [0.1, 0.15) is 37.1 Å². The quantitative estimate of drug-likeness (QED) is 0.896. The maximum Gasteiger partial charge on any atom is 0.242 e. The van der Waals surface area contributed by atoms with Crippen LogP contribution in [0.3, 0.4) is 0 Å². The van der Waals surface area contributed by atoms with Gasteiger partial charge in [0.15, 0.2) is 0 Å². The first-order valence-electron chi connectivity index (χ1n) is 6.66. The van der Waals surface area contributed by atoms with Crippen molar-refractivity contribution in [1.29, 1.82) is 0 Å². The topological polar surface area (TPSA) is 72.2 Å². The zero-order valence-electron chi connectivity index (χ0n) is 11.6. The van der Waals surface area contributed by atoms with Crippen LogP contribution in [0.15, 0.2) is 10.3 Å². The van der Waals surface area contributed by atoms with Crippen LogP contribution >= 0.6 is 11.3 Å². The normalized spacial score (nSPS) is 27.9. The maximum atomic E-state index is 12.5. The number of nitrogens with one attached hydrogen (secondary N) is 1. The molecule has 0 radical (unpaired) electrons. The third kappa shape index (κ3) is 2.86. The van der Waals surface area contributed by atoms with Gasteiger partial charge in [-0.15, -0.1) is 11.3 Å². The molecule has 1 saturated carbocycles. The lowest BCUT2D eigenvalue weighted by Gasteiger charge is -2.20. The van der Waals surface area contributed by atoms with E-state index in [9.17, 15) is 8.42 Å². The van der Waals surface area contributed by atoms with Gasteiger partial charge in [-0.05, 0) is 42.5 Å². The molecule has 0 aliphatic heterocycles. The molecule has 1 aromatic rings. The Kier molecular flexibility index (Phi) is 4.35. The van der Waals surface area contributed by atoms with Gasteiger partial charge in [0.05, 0.1) is 0 Å². The lowest BCUT2D eigenvalue weighted by Crippen LogP contribution is -2.37. The molecule has 1 heterocycles. The Bertz CT molecular complexity index is 551. The van der Waals surface area contributed by atoms with Crippen LogP contribution in [-0.4, -0.2) is 14.5 Å². The molecule has 0 saturated heterocycles. The van der Waals surface area contributed by atoms with E-state index < -0.39 is 10.0 Å². The first-order valence-corrected chi connectivity index (χ1v) is 9.02. The molecular weight excluding hydrogens is 280 g/mol. The second kappa shape index (κ2) is 5.52. The zero-order chi connectivity index (χ0) is 14.2. The second-order valence-electron chi connectivity index (χ2n) is 5.52. The summed E-state index contributed by atoms with van der Waals surface area (Å²) in [5.74, 6) is 0.959. The standard InChI is InChI=1S/C13H22N2O2S2/c1-8-4-5-11(10(8)3)15-19(16,17)13-9(2)7-18-12(13)6-14/h7-8,10-11,15H,4-6,14H2,1-3H3. The minimum Gasteiger partial charge on any atom is -0.326 e. The van der Waals surface area contributed by atoms with Gasteiger partial charge in [-0.3, -0.25) is 0 Å². The van der Waals surface area contributed by atoms with Crippen molar-refractivity contribution in [2.45, 2.75) is 51.1 Å². The maximum absolute atomic E-state index is 12.5. The Balaban J connectivity index is 2.26. The summed E-state index contributed by atoms with van der Waals surface area (Å²) in [5.41, 5.74) is 6.42. The smallest absolute Gasteiger partial charge is 0.242 e. The molecule has 108 valence electrons. The van der Waals surface area contributed by atoms with Crippen molar-refractivity contribution >= 4 is 21.4 Å². The SMILES string of the molecule is Cc1csc(CN)c1S(=O)(=O)NC1CCC(C)C1C. The summed E-state index contributed by atoms with van der Waals surface area (Å²) in [6, 6.07) is 0.0462. The molecule has 1 aromatic heterocycles. The van der Waals surface area contributed by atoms with E-state index >= 15 is 0 Å². The number of thiophene rings is 1. The van der Waals surface area contributed by atoms with E-state index in [0.29, 0.717) is 16.7 Å². The third-order valence-corrected chi connectivity index (χ3v) is 7.19. The van der Waals surface area contributed by atoms with Gasteiger partial charge in [0.25, 0.3) is 0 Å². The molecule has 1 fully saturated rings. The molecule has 3 unspecified atom stereocenters. The fourth-order valence-corrected chi connectivity index (χ4v) is 5.84. The van der Waals surface area contributed by atoms with Crippen LogP contribution in [0.5, 0.6) is 0 Å². The first-order chi connectivity index (χ1) is 8.86. The van der Waals surface area contributed by atoms with Gasteiger partial charge in [0.2, 0.25) is 10.0 Å². The number of nitrogens with two attached hydrogens (primary N) is 1. The number of hydrogen-bond donors (Lipinski definition) is 2. The van der Waals surface area contributed by atoms with Gasteiger partial charge in [-0.2, -0.15) is 0 Å². The first kappa shape index (κ1) is 15.0. The third-order valence-electron chi connectivity index (χ3n) is 4.22. The van der Waals surface area contributed by atoms with Crippen LogP contribution in [0.25, 0.3) is 0 Å².